The normalized spacial score (nSPS) is 16.8. The molecule has 1 heterocycles. The number of hydrogen-bond acceptors (Lipinski definition) is 5. The number of hydrogen-bond donors (Lipinski definition) is 1. The molecular formula is C31H47N3O2. The number of benzene rings is 1. The summed E-state index contributed by atoms with van der Waals surface area (Å²) in [4.78, 5) is 6.91. The summed E-state index contributed by atoms with van der Waals surface area (Å²) < 4.78 is 10.8. The fourth-order valence-corrected chi connectivity index (χ4v) is 3.87. The molecule has 36 heavy (non-hydrogen) atoms. The summed E-state index contributed by atoms with van der Waals surface area (Å²) in [6, 6.07) is 8.09. The second kappa shape index (κ2) is 15.4. The Bertz CT molecular complexity index is 956. The zero-order valence-corrected chi connectivity index (χ0v) is 23.5. The first kappa shape index (κ1) is 29.4. The molecule has 1 aliphatic heterocycles. The lowest BCUT2D eigenvalue weighted by atomic mass is 9.90. The summed E-state index contributed by atoms with van der Waals surface area (Å²) in [5.41, 5.74) is 2.72. The highest BCUT2D eigenvalue weighted by atomic mass is 16.5. The maximum atomic E-state index is 5.63. The molecule has 2 aliphatic rings. The standard InChI is InChI=1S/C19H28N2.C12H19NO2/c1-5-6-13-17(16-11-9-7-8-10-12-16)21-18-14-19(3,4)15(2)20-18;1-4-13(2)9-10-15-12-8-6-5-7-11(12)14-3/h7-11,14,17,21H,5-6,12-13H2,1-4H3;5-8H,4,9-10H2,1-3H3. The SMILES string of the molecule is CCCCC(NC1=CC(C)(C)C(C)=N1)C1=CC=CC=CC1.CCN(C)CCOc1ccccc1OC. The molecule has 0 amide bonds. The van der Waals surface area contributed by atoms with Gasteiger partial charge in [-0.15, -0.1) is 0 Å². The van der Waals surface area contributed by atoms with E-state index in [4.69, 9.17) is 14.5 Å². The Morgan fingerprint density at radius 2 is 1.86 bits per heavy atom. The summed E-state index contributed by atoms with van der Waals surface area (Å²) in [5.74, 6) is 2.64. The molecule has 0 saturated heterocycles. The molecule has 1 aromatic rings. The lowest BCUT2D eigenvalue weighted by Gasteiger charge is -2.22. The second-order valence-electron chi connectivity index (χ2n) is 9.94. The number of para-hydroxylation sites is 2. The van der Waals surface area contributed by atoms with E-state index in [0.29, 0.717) is 12.6 Å². The third-order valence-corrected chi connectivity index (χ3v) is 6.70. The van der Waals surface area contributed by atoms with E-state index in [1.54, 1.807) is 7.11 Å². The number of allylic oxidation sites excluding steroid dienone is 6. The van der Waals surface area contributed by atoms with Gasteiger partial charge >= 0.3 is 0 Å². The molecule has 5 nitrogen and oxygen atoms in total. The monoisotopic (exact) mass is 493 g/mol. The first-order chi connectivity index (χ1) is 17.3. The van der Waals surface area contributed by atoms with Crippen LogP contribution in [0.25, 0.3) is 0 Å². The van der Waals surface area contributed by atoms with Crippen molar-refractivity contribution in [3.05, 3.63) is 72.1 Å². The summed E-state index contributed by atoms with van der Waals surface area (Å²) in [6.07, 6.45) is 17.8. The first-order valence-electron chi connectivity index (χ1n) is 13.3. The Labute approximate surface area is 219 Å². The minimum Gasteiger partial charge on any atom is -0.493 e. The van der Waals surface area contributed by atoms with Gasteiger partial charge in [-0.1, -0.05) is 83.0 Å². The van der Waals surface area contributed by atoms with Crippen LogP contribution in [0.4, 0.5) is 0 Å². The van der Waals surface area contributed by atoms with E-state index in [2.05, 4.69) is 88.3 Å². The largest absolute Gasteiger partial charge is 0.493 e. The van der Waals surface area contributed by atoms with E-state index in [1.807, 2.05) is 24.3 Å². The highest BCUT2D eigenvalue weighted by Crippen LogP contribution is 2.29. The van der Waals surface area contributed by atoms with Gasteiger partial charge in [-0.05, 0) is 57.1 Å². The van der Waals surface area contributed by atoms with E-state index in [9.17, 15) is 0 Å². The van der Waals surface area contributed by atoms with Crippen molar-refractivity contribution < 1.29 is 9.47 Å². The van der Waals surface area contributed by atoms with E-state index in [0.717, 1.165) is 43.3 Å². The van der Waals surface area contributed by atoms with Crippen LogP contribution in [0.5, 0.6) is 11.5 Å². The van der Waals surface area contributed by atoms with E-state index >= 15 is 0 Å². The second-order valence-corrected chi connectivity index (χ2v) is 9.94. The first-order valence-corrected chi connectivity index (χ1v) is 13.3. The summed E-state index contributed by atoms with van der Waals surface area (Å²) in [6.45, 7) is 13.6. The number of nitrogens with zero attached hydrogens (tertiary/aromatic N) is 2. The molecule has 1 atom stereocenters. The van der Waals surface area contributed by atoms with Crippen molar-refractivity contribution in [2.24, 2.45) is 10.4 Å². The van der Waals surface area contributed by atoms with Crippen molar-refractivity contribution in [2.75, 3.05) is 33.9 Å². The summed E-state index contributed by atoms with van der Waals surface area (Å²) in [7, 11) is 3.73. The molecule has 3 rings (SSSR count). The summed E-state index contributed by atoms with van der Waals surface area (Å²) in [5, 5.41) is 3.67. The molecule has 0 bridgehead atoms. The number of likely N-dealkylation sites (N-methyl/N-ethyl adjacent to an activating group) is 1. The number of unbranched alkanes of at least 4 members (excludes halogenated alkanes) is 1. The topological polar surface area (TPSA) is 46.1 Å². The molecule has 1 aromatic carbocycles. The Kier molecular flexibility index (Phi) is 12.6. The lowest BCUT2D eigenvalue weighted by Crippen LogP contribution is -2.29. The third kappa shape index (κ3) is 9.69. The highest BCUT2D eigenvalue weighted by Gasteiger charge is 2.26. The molecule has 0 spiro atoms. The Morgan fingerprint density at radius 1 is 1.11 bits per heavy atom. The minimum absolute atomic E-state index is 0.0787. The molecule has 198 valence electrons. The predicted octanol–water partition coefficient (Wildman–Crippen LogP) is 6.95. The third-order valence-electron chi connectivity index (χ3n) is 6.70. The van der Waals surface area contributed by atoms with Crippen molar-refractivity contribution in [1.82, 2.24) is 10.2 Å². The number of nitrogens with one attached hydrogen (secondary N) is 1. The molecule has 1 unspecified atom stereocenters. The molecular weight excluding hydrogens is 446 g/mol. The number of ether oxygens (including phenoxy) is 2. The van der Waals surface area contributed by atoms with Crippen LogP contribution >= 0.6 is 0 Å². The minimum atomic E-state index is 0.0787. The van der Waals surface area contributed by atoms with Crippen LogP contribution in [0.1, 0.15) is 60.3 Å². The number of methoxy groups -OCH3 is 1. The average molecular weight is 494 g/mol. The summed E-state index contributed by atoms with van der Waals surface area (Å²) >= 11 is 0. The quantitative estimate of drug-likeness (QED) is 0.342. The molecule has 1 N–H and O–H groups in total. The van der Waals surface area contributed by atoms with Crippen LogP contribution < -0.4 is 14.8 Å². The Hall–Kier alpha value is -2.79. The van der Waals surface area contributed by atoms with Gasteiger partial charge in [0.25, 0.3) is 0 Å². The zero-order valence-electron chi connectivity index (χ0n) is 23.5. The highest BCUT2D eigenvalue weighted by molar-refractivity contribution is 5.92. The van der Waals surface area contributed by atoms with Crippen LogP contribution in [0, 0.1) is 5.41 Å². The molecule has 0 aromatic heterocycles. The fraction of sp³-hybridized carbons (Fsp3) is 0.516. The molecule has 0 fully saturated rings. The van der Waals surface area contributed by atoms with Gasteiger partial charge in [0.1, 0.15) is 12.4 Å². The van der Waals surface area contributed by atoms with Gasteiger partial charge in [-0.3, -0.25) is 0 Å². The van der Waals surface area contributed by atoms with Crippen molar-refractivity contribution >= 4 is 5.71 Å². The van der Waals surface area contributed by atoms with Crippen LogP contribution in [-0.4, -0.2) is 50.5 Å². The van der Waals surface area contributed by atoms with Gasteiger partial charge < -0.3 is 19.7 Å². The lowest BCUT2D eigenvalue weighted by molar-refractivity contribution is 0.236. The van der Waals surface area contributed by atoms with Crippen LogP contribution in [0.3, 0.4) is 0 Å². The van der Waals surface area contributed by atoms with Gasteiger partial charge in [0.2, 0.25) is 0 Å². The van der Waals surface area contributed by atoms with Crippen molar-refractivity contribution in [1.29, 1.82) is 0 Å². The molecule has 0 radical (unpaired) electrons. The van der Waals surface area contributed by atoms with Gasteiger partial charge in [0.15, 0.2) is 11.5 Å². The van der Waals surface area contributed by atoms with Crippen LogP contribution in [-0.2, 0) is 0 Å². The van der Waals surface area contributed by atoms with Gasteiger partial charge in [-0.25, -0.2) is 4.99 Å². The predicted molar refractivity (Wildman–Crippen MR) is 154 cm³/mol. The van der Waals surface area contributed by atoms with E-state index in [-0.39, 0.29) is 5.41 Å². The van der Waals surface area contributed by atoms with Crippen LogP contribution in [0.2, 0.25) is 0 Å². The Morgan fingerprint density at radius 3 is 2.50 bits per heavy atom. The average Bonchev–Trinajstić information content (AvgIpc) is 3.04. The van der Waals surface area contributed by atoms with Crippen LogP contribution in [0.15, 0.2) is 77.1 Å². The maximum Gasteiger partial charge on any atom is 0.161 e. The maximum absolute atomic E-state index is 5.63. The molecule has 0 saturated carbocycles. The van der Waals surface area contributed by atoms with Crippen molar-refractivity contribution in [3.8, 4) is 11.5 Å². The number of aliphatic imine (C=N–C) groups is 1. The van der Waals surface area contributed by atoms with Gasteiger partial charge in [-0.2, -0.15) is 0 Å². The number of rotatable bonds is 12. The van der Waals surface area contributed by atoms with E-state index < -0.39 is 0 Å². The van der Waals surface area contributed by atoms with E-state index in [1.165, 1.54) is 24.1 Å². The van der Waals surface area contributed by atoms with Crippen molar-refractivity contribution in [2.45, 2.75) is 66.3 Å². The van der Waals surface area contributed by atoms with Gasteiger partial charge in [0, 0.05) is 23.7 Å². The van der Waals surface area contributed by atoms with Gasteiger partial charge in [0.05, 0.1) is 7.11 Å². The fourth-order valence-electron chi connectivity index (χ4n) is 3.87. The zero-order chi connectivity index (χ0) is 26.4. The molecule has 1 aliphatic carbocycles. The van der Waals surface area contributed by atoms with Crippen molar-refractivity contribution in [3.63, 3.8) is 0 Å². The molecule has 5 heteroatoms. The Balaban J connectivity index is 0.000000269. The smallest absolute Gasteiger partial charge is 0.161 e.